The van der Waals surface area contributed by atoms with Gasteiger partial charge in [0, 0.05) is 28.9 Å². The summed E-state index contributed by atoms with van der Waals surface area (Å²) in [5, 5.41) is 6.29. The summed E-state index contributed by atoms with van der Waals surface area (Å²) in [7, 11) is 3.13. The number of rotatable bonds is 6. The summed E-state index contributed by atoms with van der Waals surface area (Å²) >= 11 is 5.18. The van der Waals surface area contributed by atoms with E-state index in [1.54, 1.807) is 56.8 Å². The maximum atomic E-state index is 13.3. The van der Waals surface area contributed by atoms with Crippen molar-refractivity contribution >= 4 is 39.8 Å². The van der Waals surface area contributed by atoms with Crippen molar-refractivity contribution in [3.63, 3.8) is 0 Å². The van der Waals surface area contributed by atoms with Crippen LogP contribution in [0.15, 0.2) is 72.9 Å². The number of fused-ring (bicyclic) bond motifs is 1. The van der Waals surface area contributed by atoms with Gasteiger partial charge in [-0.15, -0.1) is 0 Å². The monoisotopic (exact) mass is 477 g/mol. The Morgan fingerprint density at radius 1 is 0.941 bits per heavy atom. The Balaban J connectivity index is 1.44. The van der Waals surface area contributed by atoms with Crippen LogP contribution in [0.25, 0.3) is 10.9 Å². The van der Waals surface area contributed by atoms with Crippen molar-refractivity contribution in [2.45, 2.75) is 0 Å². The fourth-order valence-electron chi connectivity index (χ4n) is 3.24. The molecule has 0 saturated carbocycles. The first-order valence-electron chi connectivity index (χ1n) is 10.1. The highest BCUT2D eigenvalue weighted by atomic mass is 32.1. The normalized spacial score (nSPS) is 10.4. The fourth-order valence-corrected chi connectivity index (χ4v) is 3.45. The summed E-state index contributed by atoms with van der Waals surface area (Å²) < 4.78 is 30.1. The van der Waals surface area contributed by atoms with Gasteiger partial charge < -0.3 is 19.5 Å². The molecule has 0 aliphatic rings. The number of amides is 1. The Kier molecular flexibility index (Phi) is 6.84. The van der Waals surface area contributed by atoms with E-state index in [9.17, 15) is 9.18 Å². The number of hydrogen-bond donors (Lipinski definition) is 2. The summed E-state index contributed by atoms with van der Waals surface area (Å²) in [5.41, 5.74) is 1.52. The third-order valence-electron chi connectivity index (χ3n) is 4.86. The number of aromatic nitrogens is 1. The zero-order valence-corrected chi connectivity index (χ0v) is 19.1. The highest BCUT2D eigenvalue weighted by Crippen LogP contribution is 2.36. The largest absolute Gasteiger partial charge is 0.493 e. The number of carbonyl (C=O) groups is 1. The van der Waals surface area contributed by atoms with Crippen molar-refractivity contribution in [1.29, 1.82) is 0 Å². The second kappa shape index (κ2) is 10.1. The highest BCUT2D eigenvalue weighted by molar-refractivity contribution is 7.80. The molecule has 0 fully saturated rings. The third kappa shape index (κ3) is 5.21. The van der Waals surface area contributed by atoms with Crippen LogP contribution in [0.3, 0.4) is 0 Å². The number of anilines is 1. The highest BCUT2D eigenvalue weighted by Gasteiger charge is 2.12. The number of ether oxygens (including phenoxy) is 3. The molecule has 0 spiro atoms. The van der Waals surface area contributed by atoms with E-state index in [-0.39, 0.29) is 10.7 Å². The van der Waals surface area contributed by atoms with E-state index in [2.05, 4.69) is 15.6 Å². The number of thiocarbonyl (C=S) groups is 1. The molecule has 9 heteroatoms. The van der Waals surface area contributed by atoms with Gasteiger partial charge in [0.05, 0.1) is 19.7 Å². The van der Waals surface area contributed by atoms with Crippen molar-refractivity contribution in [3.8, 4) is 23.0 Å². The molecule has 172 valence electrons. The Morgan fingerprint density at radius 2 is 1.68 bits per heavy atom. The first kappa shape index (κ1) is 22.9. The van der Waals surface area contributed by atoms with Gasteiger partial charge >= 0.3 is 0 Å². The van der Waals surface area contributed by atoms with Gasteiger partial charge in [0.2, 0.25) is 0 Å². The van der Waals surface area contributed by atoms with E-state index in [0.717, 1.165) is 11.5 Å². The SMILES string of the molecule is COc1cc2nccc(Oc3ccc(NC(=S)NC(=O)c4cccc(F)c4)cc3)c2cc1OC. The van der Waals surface area contributed by atoms with Crippen LogP contribution in [0.5, 0.6) is 23.0 Å². The van der Waals surface area contributed by atoms with Gasteiger partial charge in [-0.1, -0.05) is 6.07 Å². The number of halogens is 1. The molecule has 0 radical (unpaired) electrons. The predicted octanol–water partition coefficient (Wildman–Crippen LogP) is 5.31. The Bertz CT molecular complexity index is 1360. The Hall–Kier alpha value is -4.24. The van der Waals surface area contributed by atoms with Crippen molar-refractivity contribution in [2.24, 2.45) is 0 Å². The number of nitrogens with zero attached hydrogens (tertiary/aromatic N) is 1. The van der Waals surface area contributed by atoms with Gasteiger partial charge in [0.15, 0.2) is 16.6 Å². The van der Waals surface area contributed by atoms with E-state index in [4.69, 9.17) is 26.4 Å². The summed E-state index contributed by atoms with van der Waals surface area (Å²) in [6.45, 7) is 0. The molecule has 0 aliphatic carbocycles. The lowest BCUT2D eigenvalue weighted by Gasteiger charge is -2.13. The van der Waals surface area contributed by atoms with Crippen molar-refractivity contribution in [2.75, 3.05) is 19.5 Å². The van der Waals surface area contributed by atoms with Gasteiger partial charge in [-0.3, -0.25) is 15.1 Å². The van der Waals surface area contributed by atoms with Crippen molar-refractivity contribution < 1.29 is 23.4 Å². The molecule has 0 unspecified atom stereocenters. The molecule has 1 heterocycles. The second-order valence-electron chi connectivity index (χ2n) is 7.08. The van der Waals surface area contributed by atoms with Crippen LogP contribution in [0, 0.1) is 5.82 Å². The molecule has 1 aromatic heterocycles. The summed E-state index contributed by atoms with van der Waals surface area (Å²) in [4.78, 5) is 16.6. The lowest BCUT2D eigenvalue weighted by Crippen LogP contribution is -2.34. The number of benzene rings is 3. The first-order chi connectivity index (χ1) is 16.5. The zero-order valence-electron chi connectivity index (χ0n) is 18.3. The van der Waals surface area contributed by atoms with Gasteiger partial charge in [-0.25, -0.2) is 4.39 Å². The molecule has 0 aliphatic heterocycles. The maximum Gasteiger partial charge on any atom is 0.257 e. The van der Waals surface area contributed by atoms with Crippen LogP contribution in [0.1, 0.15) is 10.4 Å². The smallest absolute Gasteiger partial charge is 0.257 e. The average Bonchev–Trinajstić information content (AvgIpc) is 2.84. The quantitative estimate of drug-likeness (QED) is 0.364. The van der Waals surface area contributed by atoms with Crippen LogP contribution in [-0.2, 0) is 0 Å². The minimum absolute atomic E-state index is 0.0871. The van der Waals surface area contributed by atoms with E-state index in [0.29, 0.717) is 34.2 Å². The van der Waals surface area contributed by atoms with Gasteiger partial charge in [0.25, 0.3) is 5.91 Å². The van der Waals surface area contributed by atoms with Crippen LogP contribution >= 0.6 is 12.2 Å². The molecule has 0 atom stereocenters. The lowest BCUT2D eigenvalue weighted by atomic mass is 10.2. The lowest BCUT2D eigenvalue weighted by molar-refractivity contribution is 0.0977. The number of pyridine rings is 1. The van der Waals surface area contributed by atoms with Crippen molar-refractivity contribution in [1.82, 2.24) is 10.3 Å². The maximum absolute atomic E-state index is 13.3. The van der Waals surface area contributed by atoms with Gasteiger partial charge in [0.1, 0.15) is 17.3 Å². The summed E-state index contributed by atoms with van der Waals surface area (Å²) in [5.74, 6) is 1.33. The molecule has 4 aromatic rings. The molecule has 1 amide bonds. The van der Waals surface area contributed by atoms with Crippen LogP contribution < -0.4 is 24.8 Å². The summed E-state index contributed by atoms with van der Waals surface area (Å²) in [6.07, 6.45) is 1.65. The third-order valence-corrected chi connectivity index (χ3v) is 5.06. The molecule has 2 N–H and O–H groups in total. The molecular weight excluding hydrogens is 457 g/mol. The van der Waals surface area contributed by atoms with Crippen LogP contribution in [-0.4, -0.2) is 30.2 Å². The topological polar surface area (TPSA) is 81.7 Å². The van der Waals surface area contributed by atoms with E-state index < -0.39 is 11.7 Å². The standard InChI is InChI=1S/C25H20FN3O4S/c1-31-22-13-19-20(14-23(22)32-2)27-11-10-21(19)33-18-8-6-17(7-9-18)28-25(34)29-24(30)15-4-3-5-16(26)12-15/h3-14H,1-2H3,(H2,28,29,30,34). The number of hydrogen-bond acceptors (Lipinski definition) is 6. The first-order valence-corrected chi connectivity index (χ1v) is 10.5. The average molecular weight is 478 g/mol. The Morgan fingerprint density at radius 3 is 2.38 bits per heavy atom. The molecule has 0 bridgehead atoms. The van der Waals surface area contributed by atoms with Crippen molar-refractivity contribution in [3.05, 3.63) is 84.3 Å². The van der Waals surface area contributed by atoms with E-state index >= 15 is 0 Å². The number of nitrogens with one attached hydrogen (secondary N) is 2. The van der Waals surface area contributed by atoms with Crippen LogP contribution in [0.2, 0.25) is 0 Å². The predicted molar refractivity (Wildman–Crippen MR) is 131 cm³/mol. The van der Waals surface area contributed by atoms with Crippen LogP contribution in [0.4, 0.5) is 10.1 Å². The number of methoxy groups -OCH3 is 2. The number of carbonyl (C=O) groups excluding carboxylic acids is 1. The Labute approximate surface area is 200 Å². The minimum atomic E-state index is -0.506. The molecule has 3 aromatic carbocycles. The fraction of sp³-hybridized carbons (Fsp3) is 0.0800. The van der Waals surface area contributed by atoms with Gasteiger partial charge in [-0.05, 0) is 66.8 Å². The van der Waals surface area contributed by atoms with E-state index in [1.165, 1.54) is 18.2 Å². The molecule has 0 saturated heterocycles. The zero-order chi connectivity index (χ0) is 24.1. The van der Waals surface area contributed by atoms with E-state index in [1.807, 2.05) is 6.07 Å². The second-order valence-corrected chi connectivity index (χ2v) is 7.49. The molecular formula is C25H20FN3O4S. The minimum Gasteiger partial charge on any atom is -0.493 e. The summed E-state index contributed by atoms with van der Waals surface area (Å²) in [6, 6.07) is 17.7. The molecule has 34 heavy (non-hydrogen) atoms. The van der Waals surface area contributed by atoms with Gasteiger partial charge in [-0.2, -0.15) is 0 Å². The molecule has 4 rings (SSSR count). The molecule has 7 nitrogen and oxygen atoms in total.